The van der Waals surface area contributed by atoms with Gasteiger partial charge < -0.3 is 5.32 Å². The molecule has 4 nitrogen and oxygen atoms in total. The summed E-state index contributed by atoms with van der Waals surface area (Å²) in [6, 6.07) is 7.19. The quantitative estimate of drug-likeness (QED) is 0.865. The second kappa shape index (κ2) is 6.14. The van der Waals surface area contributed by atoms with Gasteiger partial charge in [0.15, 0.2) is 0 Å². The van der Waals surface area contributed by atoms with E-state index in [1.165, 1.54) is 6.42 Å². The lowest BCUT2D eigenvalue weighted by Crippen LogP contribution is -2.30. The first-order chi connectivity index (χ1) is 8.58. The topological polar surface area (TPSA) is 58.2 Å². The SMILES string of the molecule is O=S(=O)(NCC[C@@H]1CCCN1)c1cccc(Br)c1. The van der Waals surface area contributed by atoms with Gasteiger partial charge in [0.25, 0.3) is 0 Å². The third-order valence-corrected chi connectivity index (χ3v) is 5.01. The highest BCUT2D eigenvalue weighted by Gasteiger charge is 2.17. The third kappa shape index (κ3) is 3.78. The van der Waals surface area contributed by atoms with E-state index in [4.69, 9.17) is 0 Å². The molecule has 1 aromatic carbocycles. The number of benzene rings is 1. The Morgan fingerprint density at radius 3 is 2.94 bits per heavy atom. The summed E-state index contributed by atoms with van der Waals surface area (Å²) in [6.45, 7) is 1.52. The molecule has 1 heterocycles. The van der Waals surface area contributed by atoms with Crippen LogP contribution in [0.15, 0.2) is 33.6 Å². The standard InChI is InChI=1S/C12H17BrN2O2S/c13-10-3-1-5-12(9-10)18(16,17)15-8-6-11-4-2-7-14-11/h1,3,5,9,11,14-15H,2,4,6-8H2/t11-/m0/s1. The lowest BCUT2D eigenvalue weighted by molar-refractivity contribution is 0.539. The summed E-state index contributed by atoms with van der Waals surface area (Å²) in [4.78, 5) is 0.302. The van der Waals surface area contributed by atoms with Gasteiger partial charge in [-0.25, -0.2) is 13.1 Å². The third-order valence-electron chi connectivity index (χ3n) is 3.05. The van der Waals surface area contributed by atoms with E-state index in [2.05, 4.69) is 26.0 Å². The van der Waals surface area contributed by atoms with Crippen molar-refractivity contribution in [1.82, 2.24) is 10.0 Å². The Kier molecular flexibility index (Phi) is 4.77. The highest BCUT2D eigenvalue weighted by molar-refractivity contribution is 9.10. The van der Waals surface area contributed by atoms with Crippen molar-refractivity contribution in [3.8, 4) is 0 Å². The minimum absolute atomic E-state index is 0.302. The van der Waals surface area contributed by atoms with Crippen molar-refractivity contribution >= 4 is 26.0 Å². The maximum atomic E-state index is 12.0. The van der Waals surface area contributed by atoms with E-state index < -0.39 is 10.0 Å². The fraction of sp³-hybridized carbons (Fsp3) is 0.500. The molecular weight excluding hydrogens is 316 g/mol. The van der Waals surface area contributed by atoms with Gasteiger partial charge >= 0.3 is 0 Å². The molecule has 18 heavy (non-hydrogen) atoms. The Morgan fingerprint density at radius 1 is 1.44 bits per heavy atom. The largest absolute Gasteiger partial charge is 0.314 e. The van der Waals surface area contributed by atoms with Gasteiger partial charge in [0.2, 0.25) is 10.0 Å². The molecule has 100 valence electrons. The molecule has 0 amide bonds. The van der Waals surface area contributed by atoms with E-state index in [0.29, 0.717) is 17.5 Å². The Hall–Kier alpha value is -0.430. The first kappa shape index (κ1) is 14.0. The summed E-state index contributed by atoms with van der Waals surface area (Å²) in [5.41, 5.74) is 0. The molecule has 0 spiro atoms. The average Bonchev–Trinajstić information content (AvgIpc) is 2.82. The fourth-order valence-corrected chi connectivity index (χ4v) is 3.73. The number of sulfonamides is 1. The van der Waals surface area contributed by atoms with Gasteiger partial charge in [-0.2, -0.15) is 0 Å². The summed E-state index contributed by atoms with van der Waals surface area (Å²) in [6.07, 6.45) is 3.16. The predicted molar refractivity (Wildman–Crippen MR) is 75.0 cm³/mol. The van der Waals surface area contributed by atoms with Crippen LogP contribution in [0, 0.1) is 0 Å². The van der Waals surface area contributed by atoms with Gasteiger partial charge in [-0.05, 0) is 44.0 Å². The second-order valence-electron chi connectivity index (χ2n) is 4.44. The molecule has 1 fully saturated rings. The molecule has 0 aliphatic carbocycles. The first-order valence-corrected chi connectivity index (χ1v) is 8.34. The Labute approximate surface area is 116 Å². The number of hydrogen-bond donors (Lipinski definition) is 2. The van der Waals surface area contributed by atoms with Crippen LogP contribution in [0.5, 0.6) is 0 Å². The van der Waals surface area contributed by atoms with Gasteiger partial charge in [-0.1, -0.05) is 22.0 Å². The van der Waals surface area contributed by atoms with Gasteiger partial charge in [0.05, 0.1) is 4.90 Å². The van der Waals surface area contributed by atoms with Crippen LogP contribution in [0.2, 0.25) is 0 Å². The van der Waals surface area contributed by atoms with Crippen molar-refractivity contribution in [3.63, 3.8) is 0 Å². The van der Waals surface area contributed by atoms with E-state index in [-0.39, 0.29) is 0 Å². The summed E-state index contributed by atoms with van der Waals surface area (Å²) >= 11 is 3.27. The molecule has 2 N–H and O–H groups in total. The highest BCUT2D eigenvalue weighted by atomic mass is 79.9. The zero-order valence-corrected chi connectivity index (χ0v) is 12.4. The molecule has 1 aliphatic rings. The smallest absolute Gasteiger partial charge is 0.240 e. The molecule has 0 aromatic heterocycles. The molecule has 1 aliphatic heterocycles. The van der Waals surface area contributed by atoms with Crippen LogP contribution in [-0.2, 0) is 10.0 Å². The second-order valence-corrected chi connectivity index (χ2v) is 7.12. The molecule has 0 unspecified atom stereocenters. The van der Waals surface area contributed by atoms with Crippen LogP contribution in [0.3, 0.4) is 0 Å². The van der Waals surface area contributed by atoms with Crippen LogP contribution in [0.25, 0.3) is 0 Å². The Morgan fingerprint density at radius 2 is 2.28 bits per heavy atom. The molecule has 0 bridgehead atoms. The summed E-state index contributed by atoms with van der Waals surface area (Å²) < 4.78 is 27.4. The predicted octanol–water partition coefficient (Wildman–Crippen LogP) is 1.87. The van der Waals surface area contributed by atoms with Crippen molar-refractivity contribution in [2.75, 3.05) is 13.1 Å². The van der Waals surface area contributed by atoms with Crippen molar-refractivity contribution in [1.29, 1.82) is 0 Å². The maximum absolute atomic E-state index is 12.0. The Balaban J connectivity index is 1.90. The summed E-state index contributed by atoms with van der Waals surface area (Å²) in [5.74, 6) is 0. The molecule has 1 atom stereocenters. The molecule has 2 rings (SSSR count). The van der Waals surface area contributed by atoms with E-state index in [0.717, 1.165) is 23.9 Å². The normalized spacial score (nSPS) is 20.2. The summed E-state index contributed by atoms with van der Waals surface area (Å²) in [5, 5.41) is 3.35. The Bertz CT molecular complexity index is 499. The van der Waals surface area contributed by atoms with Gasteiger partial charge in [-0.15, -0.1) is 0 Å². The lowest BCUT2D eigenvalue weighted by Gasteiger charge is -2.11. The van der Waals surface area contributed by atoms with Gasteiger partial charge in [0.1, 0.15) is 0 Å². The first-order valence-electron chi connectivity index (χ1n) is 6.06. The molecule has 1 aromatic rings. The lowest BCUT2D eigenvalue weighted by atomic mass is 10.2. The van der Waals surface area contributed by atoms with Gasteiger partial charge in [0, 0.05) is 17.1 Å². The number of hydrogen-bond acceptors (Lipinski definition) is 3. The highest BCUT2D eigenvalue weighted by Crippen LogP contribution is 2.16. The van der Waals surface area contributed by atoms with Crippen molar-refractivity contribution < 1.29 is 8.42 Å². The van der Waals surface area contributed by atoms with Crippen LogP contribution < -0.4 is 10.0 Å². The number of halogens is 1. The number of rotatable bonds is 5. The van der Waals surface area contributed by atoms with E-state index in [1.807, 2.05) is 6.07 Å². The molecular formula is C12H17BrN2O2S. The maximum Gasteiger partial charge on any atom is 0.240 e. The van der Waals surface area contributed by atoms with Crippen LogP contribution in [0.1, 0.15) is 19.3 Å². The minimum atomic E-state index is -3.38. The monoisotopic (exact) mass is 332 g/mol. The minimum Gasteiger partial charge on any atom is -0.314 e. The molecule has 6 heteroatoms. The van der Waals surface area contributed by atoms with Gasteiger partial charge in [-0.3, -0.25) is 0 Å². The van der Waals surface area contributed by atoms with Crippen LogP contribution >= 0.6 is 15.9 Å². The molecule has 1 saturated heterocycles. The van der Waals surface area contributed by atoms with Crippen molar-refractivity contribution in [2.45, 2.75) is 30.2 Å². The average molecular weight is 333 g/mol. The van der Waals surface area contributed by atoms with E-state index in [1.54, 1.807) is 18.2 Å². The number of nitrogens with one attached hydrogen (secondary N) is 2. The fourth-order valence-electron chi connectivity index (χ4n) is 2.09. The molecule has 0 radical (unpaired) electrons. The van der Waals surface area contributed by atoms with Crippen LogP contribution in [-0.4, -0.2) is 27.5 Å². The van der Waals surface area contributed by atoms with Crippen LogP contribution in [0.4, 0.5) is 0 Å². The summed E-state index contributed by atoms with van der Waals surface area (Å²) in [7, 11) is -3.38. The van der Waals surface area contributed by atoms with Crippen molar-refractivity contribution in [3.05, 3.63) is 28.7 Å². The van der Waals surface area contributed by atoms with Crippen molar-refractivity contribution in [2.24, 2.45) is 0 Å². The zero-order chi connectivity index (χ0) is 13.0. The van der Waals surface area contributed by atoms with E-state index in [9.17, 15) is 8.42 Å². The molecule has 0 saturated carbocycles. The zero-order valence-electron chi connectivity index (χ0n) is 10.0. The van der Waals surface area contributed by atoms with E-state index >= 15 is 0 Å².